The smallest absolute Gasteiger partial charge is 0.240 e. The van der Waals surface area contributed by atoms with Crippen LogP contribution < -0.4 is 5.73 Å². The molecule has 0 spiro atoms. The van der Waals surface area contributed by atoms with Crippen LogP contribution in [0.1, 0.15) is 31.2 Å². The van der Waals surface area contributed by atoms with E-state index in [4.69, 9.17) is 11.3 Å². The van der Waals surface area contributed by atoms with Gasteiger partial charge in [-0.05, 0) is 17.5 Å². The quantitative estimate of drug-likeness (QED) is 0.508. The summed E-state index contributed by atoms with van der Waals surface area (Å²) in [5.74, 6) is -0.485. The largest absolute Gasteiger partial charge is 0.368 e. The van der Waals surface area contributed by atoms with E-state index in [1.807, 2.05) is 19.1 Å². The summed E-state index contributed by atoms with van der Waals surface area (Å²) in [6.45, 7) is 2.33. The Morgan fingerprint density at radius 3 is 2.71 bits per heavy atom. The molecule has 0 aliphatic carbocycles. The van der Waals surface area contributed by atoms with Crippen LogP contribution in [-0.4, -0.2) is 29.3 Å². The number of carbonyl (C=O) groups excluding carboxylic acids is 2. The molecular weight excluding hydrogens is 270 g/mol. The first kappa shape index (κ1) is 14.9. The van der Waals surface area contributed by atoms with Crippen LogP contribution in [0.15, 0.2) is 29.4 Å². The molecule has 1 heterocycles. The monoisotopic (exact) mass is 287 g/mol. The molecule has 1 aromatic rings. The van der Waals surface area contributed by atoms with Gasteiger partial charge < -0.3 is 10.6 Å². The fraction of sp³-hybridized carbons (Fsp3) is 0.429. The zero-order chi connectivity index (χ0) is 15.4. The van der Waals surface area contributed by atoms with Gasteiger partial charge in [0, 0.05) is 29.5 Å². The summed E-state index contributed by atoms with van der Waals surface area (Å²) in [6, 6.07) is 6.58. The Morgan fingerprint density at radius 1 is 1.52 bits per heavy atom. The minimum absolute atomic E-state index is 0.0333. The first-order valence-corrected chi connectivity index (χ1v) is 6.80. The lowest BCUT2D eigenvalue weighted by Gasteiger charge is -2.24. The fourth-order valence-corrected chi connectivity index (χ4v) is 2.70. The summed E-state index contributed by atoms with van der Waals surface area (Å²) in [5, 5.41) is 3.51. The lowest BCUT2D eigenvalue weighted by atomic mass is 9.98. The average molecular weight is 287 g/mol. The highest BCUT2D eigenvalue weighted by atomic mass is 16.2. The van der Waals surface area contributed by atoms with Crippen LogP contribution in [0.2, 0.25) is 0 Å². The molecule has 21 heavy (non-hydrogen) atoms. The van der Waals surface area contributed by atoms with E-state index in [0.29, 0.717) is 25.1 Å². The third-order valence-electron chi connectivity index (χ3n) is 3.77. The molecule has 2 amide bonds. The third-order valence-corrected chi connectivity index (χ3v) is 3.77. The van der Waals surface area contributed by atoms with Gasteiger partial charge in [0.05, 0.1) is 0 Å². The number of nitrogens with two attached hydrogens (primary N) is 1. The van der Waals surface area contributed by atoms with Gasteiger partial charge in [-0.3, -0.25) is 9.59 Å². The Morgan fingerprint density at radius 2 is 2.19 bits per heavy atom. The molecule has 110 valence electrons. The maximum Gasteiger partial charge on any atom is 0.240 e. The summed E-state index contributed by atoms with van der Waals surface area (Å²) in [5.41, 5.74) is 15.2. The van der Waals surface area contributed by atoms with E-state index in [1.165, 1.54) is 0 Å². The van der Waals surface area contributed by atoms with Crippen LogP contribution in [0.3, 0.4) is 0 Å². The highest BCUT2D eigenvalue weighted by Gasteiger charge is 2.36. The van der Waals surface area contributed by atoms with E-state index < -0.39 is 11.9 Å². The first-order chi connectivity index (χ1) is 10.1. The highest BCUT2D eigenvalue weighted by molar-refractivity contribution is 5.88. The van der Waals surface area contributed by atoms with Crippen LogP contribution in [0.4, 0.5) is 5.69 Å². The van der Waals surface area contributed by atoms with Gasteiger partial charge in [-0.2, -0.15) is 0 Å². The van der Waals surface area contributed by atoms with E-state index in [1.54, 1.807) is 17.0 Å². The second-order valence-electron chi connectivity index (χ2n) is 5.05. The molecule has 1 aliphatic heterocycles. The number of likely N-dealkylation sites (tertiary alicyclic amines) is 1. The van der Waals surface area contributed by atoms with E-state index in [-0.39, 0.29) is 11.8 Å². The van der Waals surface area contributed by atoms with Gasteiger partial charge in [-0.15, -0.1) is 0 Å². The predicted molar refractivity (Wildman–Crippen MR) is 77.6 cm³/mol. The Kier molecular flexibility index (Phi) is 4.45. The minimum Gasteiger partial charge on any atom is -0.368 e. The molecule has 0 aromatic heterocycles. The number of azide groups is 1. The topological polar surface area (TPSA) is 112 Å². The molecule has 2 N–H and O–H groups in total. The van der Waals surface area contributed by atoms with E-state index in [2.05, 4.69) is 10.0 Å². The van der Waals surface area contributed by atoms with Crippen LogP contribution >= 0.6 is 0 Å². The lowest BCUT2D eigenvalue weighted by molar-refractivity contribution is -0.136. The van der Waals surface area contributed by atoms with Crippen LogP contribution in [0.5, 0.6) is 0 Å². The van der Waals surface area contributed by atoms with Gasteiger partial charge in [0.25, 0.3) is 0 Å². The van der Waals surface area contributed by atoms with Crippen molar-refractivity contribution in [1.29, 1.82) is 0 Å². The van der Waals surface area contributed by atoms with Gasteiger partial charge in [0.15, 0.2) is 0 Å². The molecule has 7 heteroatoms. The van der Waals surface area contributed by atoms with Gasteiger partial charge >= 0.3 is 0 Å². The normalized spacial score (nSPS) is 19.2. The van der Waals surface area contributed by atoms with Crippen molar-refractivity contribution in [1.82, 2.24) is 4.90 Å². The number of hydrogen-bond donors (Lipinski definition) is 1. The van der Waals surface area contributed by atoms with Crippen molar-refractivity contribution < 1.29 is 9.59 Å². The molecule has 0 radical (unpaired) electrons. The third kappa shape index (κ3) is 3.14. The molecule has 0 bridgehead atoms. The minimum atomic E-state index is -0.537. The maximum absolute atomic E-state index is 12.1. The Hall–Kier alpha value is -2.53. The molecule has 1 saturated heterocycles. The molecule has 7 nitrogen and oxygen atoms in total. The SMILES string of the molecule is CC[C@@H](C(N)=O)N1CC(c2ccc(N=[N+]=[N-])cc2)CC1=O. The number of rotatable bonds is 5. The van der Waals surface area contributed by atoms with E-state index in [9.17, 15) is 9.59 Å². The number of benzene rings is 1. The second kappa shape index (κ2) is 6.28. The van der Waals surface area contributed by atoms with Crippen molar-refractivity contribution in [2.75, 3.05) is 6.54 Å². The van der Waals surface area contributed by atoms with Gasteiger partial charge in [0.2, 0.25) is 11.8 Å². The van der Waals surface area contributed by atoms with Crippen LogP contribution in [-0.2, 0) is 9.59 Å². The van der Waals surface area contributed by atoms with Crippen molar-refractivity contribution in [3.63, 3.8) is 0 Å². The Labute approximate surface area is 122 Å². The Balaban J connectivity index is 2.15. The molecule has 1 unspecified atom stereocenters. The van der Waals surface area contributed by atoms with Crippen molar-refractivity contribution in [2.24, 2.45) is 10.8 Å². The molecule has 0 saturated carbocycles. The molecule has 1 aliphatic rings. The summed E-state index contributed by atoms with van der Waals surface area (Å²) >= 11 is 0. The second-order valence-corrected chi connectivity index (χ2v) is 5.05. The Bertz CT molecular complexity index is 592. The molecule has 2 atom stereocenters. The zero-order valence-corrected chi connectivity index (χ0v) is 11.8. The number of carbonyl (C=O) groups is 2. The van der Waals surface area contributed by atoms with E-state index in [0.717, 1.165) is 5.56 Å². The number of nitrogens with zero attached hydrogens (tertiary/aromatic N) is 4. The summed E-state index contributed by atoms with van der Waals surface area (Å²) < 4.78 is 0. The molecule has 2 rings (SSSR count). The molecule has 1 fully saturated rings. The van der Waals surface area contributed by atoms with Gasteiger partial charge in [-0.1, -0.05) is 36.3 Å². The first-order valence-electron chi connectivity index (χ1n) is 6.80. The van der Waals surface area contributed by atoms with Gasteiger partial charge in [0.1, 0.15) is 6.04 Å². The summed E-state index contributed by atoms with van der Waals surface area (Å²) in [7, 11) is 0. The number of primary amides is 1. The molecule has 1 aromatic carbocycles. The predicted octanol–water partition coefficient (Wildman–Crippen LogP) is 2.21. The standard InChI is InChI=1S/C14H17N5O2/c1-2-12(14(15)21)19-8-10(7-13(19)20)9-3-5-11(6-4-9)17-18-16/h3-6,10,12H,2,7-8H2,1H3,(H2,15,21)/t10?,12-/m0/s1. The van der Waals surface area contributed by atoms with Crippen molar-refractivity contribution in [2.45, 2.75) is 31.7 Å². The van der Waals surface area contributed by atoms with E-state index >= 15 is 0 Å². The zero-order valence-electron chi connectivity index (χ0n) is 11.8. The lowest BCUT2D eigenvalue weighted by Crippen LogP contribution is -2.45. The average Bonchev–Trinajstić information content (AvgIpc) is 2.83. The number of hydrogen-bond acceptors (Lipinski definition) is 3. The highest BCUT2D eigenvalue weighted by Crippen LogP contribution is 2.31. The summed E-state index contributed by atoms with van der Waals surface area (Å²) in [6.07, 6.45) is 0.883. The number of amides is 2. The van der Waals surface area contributed by atoms with Gasteiger partial charge in [-0.25, -0.2) is 0 Å². The van der Waals surface area contributed by atoms with Crippen molar-refractivity contribution in [3.8, 4) is 0 Å². The van der Waals surface area contributed by atoms with Crippen LogP contribution in [0.25, 0.3) is 10.4 Å². The fourth-order valence-electron chi connectivity index (χ4n) is 2.70. The molecular formula is C14H17N5O2. The maximum atomic E-state index is 12.1. The summed E-state index contributed by atoms with van der Waals surface area (Å²) in [4.78, 5) is 27.8. The van der Waals surface area contributed by atoms with Crippen LogP contribution in [0, 0.1) is 0 Å². The van der Waals surface area contributed by atoms with Crippen molar-refractivity contribution in [3.05, 3.63) is 40.3 Å². The van der Waals surface area contributed by atoms with Crippen molar-refractivity contribution >= 4 is 17.5 Å².